The minimum absolute atomic E-state index is 0.734. The van der Waals surface area contributed by atoms with Crippen LogP contribution in [0, 0.1) is 12.8 Å². The Kier molecular flexibility index (Phi) is 4.01. The van der Waals surface area contributed by atoms with Gasteiger partial charge >= 0.3 is 0 Å². The van der Waals surface area contributed by atoms with Gasteiger partial charge in [0.05, 0.1) is 0 Å². The van der Waals surface area contributed by atoms with E-state index in [0.717, 1.165) is 41.9 Å². The molecule has 0 aromatic carbocycles. The largest absolute Gasteiger partial charge is 0.359 e. The van der Waals surface area contributed by atoms with Gasteiger partial charge < -0.3 is 10.3 Å². The molecule has 1 heterocycles. The van der Waals surface area contributed by atoms with E-state index in [-0.39, 0.29) is 0 Å². The van der Waals surface area contributed by atoms with Gasteiger partial charge in [-0.05, 0) is 25.7 Å². The fourth-order valence-electron chi connectivity index (χ4n) is 2.37. The molecule has 18 heavy (non-hydrogen) atoms. The van der Waals surface area contributed by atoms with E-state index < -0.39 is 0 Å². The molecule has 0 radical (unpaired) electrons. The van der Waals surface area contributed by atoms with Crippen LogP contribution in [0.2, 0.25) is 0 Å². The molecular weight excluding hydrogens is 226 g/mol. The normalized spacial score (nSPS) is 15.3. The Morgan fingerprint density at radius 1 is 1.39 bits per heavy atom. The molecule has 0 unspecified atom stereocenters. The van der Waals surface area contributed by atoms with Gasteiger partial charge in [0.15, 0.2) is 0 Å². The molecule has 0 spiro atoms. The zero-order valence-electron chi connectivity index (χ0n) is 11.5. The smallest absolute Gasteiger partial charge is 0.148 e. The zero-order valence-corrected chi connectivity index (χ0v) is 11.5. The number of nitrogens with two attached hydrogens (primary N) is 1. The van der Waals surface area contributed by atoms with E-state index in [9.17, 15) is 0 Å². The van der Waals surface area contributed by atoms with Crippen molar-refractivity contribution in [2.24, 2.45) is 11.8 Å². The predicted octanol–water partition coefficient (Wildman–Crippen LogP) is 1.87. The second kappa shape index (κ2) is 5.52. The van der Waals surface area contributed by atoms with Gasteiger partial charge in [-0.3, -0.25) is 0 Å². The molecule has 1 saturated carbocycles. The van der Waals surface area contributed by atoms with Crippen molar-refractivity contribution in [3.05, 3.63) is 11.4 Å². The number of nitrogens with one attached hydrogen (secondary N) is 1. The quantitative estimate of drug-likeness (QED) is 0.616. The van der Waals surface area contributed by atoms with Gasteiger partial charge in [-0.25, -0.2) is 15.8 Å². The van der Waals surface area contributed by atoms with Crippen LogP contribution in [0.25, 0.3) is 0 Å². The van der Waals surface area contributed by atoms with Crippen LogP contribution in [0.15, 0.2) is 0 Å². The van der Waals surface area contributed by atoms with Gasteiger partial charge in [0.25, 0.3) is 0 Å². The first-order chi connectivity index (χ1) is 8.65. The number of aromatic nitrogens is 2. The Morgan fingerprint density at radius 3 is 2.61 bits per heavy atom. The summed E-state index contributed by atoms with van der Waals surface area (Å²) in [5, 5.41) is 0. The Labute approximate surface area is 109 Å². The first kappa shape index (κ1) is 13.1. The van der Waals surface area contributed by atoms with Crippen molar-refractivity contribution in [3.63, 3.8) is 0 Å². The lowest BCUT2D eigenvalue weighted by Gasteiger charge is -2.31. The minimum Gasteiger partial charge on any atom is -0.359 e. The maximum Gasteiger partial charge on any atom is 0.148 e. The average Bonchev–Trinajstić information content (AvgIpc) is 2.33. The summed E-state index contributed by atoms with van der Waals surface area (Å²) in [6, 6.07) is 0. The highest BCUT2D eigenvalue weighted by atomic mass is 15.3. The lowest BCUT2D eigenvalue weighted by atomic mass is 9.85. The first-order valence-electron chi connectivity index (χ1n) is 6.71. The summed E-state index contributed by atoms with van der Waals surface area (Å²) in [4.78, 5) is 11.3. The molecule has 3 N–H and O–H groups in total. The van der Waals surface area contributed by atoms with E-state index in [1.165, 1.54) is 19.3 Å². The lowest BCUT2D eigenvalue weighted by Crippen LogP contribution is -2.31. The van der Waals surface area contributed by atoms with Crippen LogP contribution >= 0.6 is 0 Å². The fraction of sp³-hybridized carbons (Fsp3) is 0.692. The predicted molar refractivity (Wildman–Crippen MR) is 74.6 cm³/mol. The molecule has 100 valence electrons. The summed E-state index contributed by atoms with van der Waals surface area (Å²) in [5.74, 6) is 8.92. The number of aryl methyl sites for hydroxylation is 1. The summed E-state index contributed by atoms with van der Waals surface area (Å²) in [6.07, 6.45) is 4.88. The second-order valence-electron chi connectivity index (χ2n) is 5.11. The van der Waals surface area contributed by atoms with Crippen LogP contribution in [0.3, 0.4) is 0 Å². The first-order valence-corrected chi connectivity index (χ1v) is 6.71. The van der Waals surface area contributed by atoms with Crippen LogP contribution in [0.5, 0.6) is 0 Å². The Morgan fingerprint density at radius 2 is 2.11 bits per heavy atom. The molecule has 0 atom stereocenters. The maximum atomic E-state index is 5.52. The molecule has 0 bridgehead atoms. The average molecular weight is 249 g/mol. The number of anilines is 2. The lowest BCUT2D eigenvalue weighted by molar-refractivity contribution is 0.321. The molecule has 0 aliphatic heterocycles. The van der Waals surface area contributed by atoms with Crippen molar-refractivity contribution in [1.29, 1.82) is 0 Å². The SMILES string of the molecule is CCc1nc(NN)c(C)c(N(C)CC2CCC2)n1. The van der Waals surface area contributed by atoms with Gasteiger partial charge in [0.2, 0.25) is 0 Å². The van der Waals surface area contributed by atoms with Gasteiger partial charge in [-0.15, -0.1) is 0 Å². The van der Waals surface area contributed by atoms with E-state index in [1.54, 1.807) is 0 Å². The van der Waals surface area contributed by atoms with Crippen molar-refractivity contribution < 1.29 is 0 Å². The third-order valence-electron chi connectivity index (χ3n) is 3.74. The summed E-state index contributed by atoms with van der Waals surface area (Å²) in [5.41, 5.74) is 3.69. The molecule has 1 aliphatic rings. The van der Waals surface area contributed by atoms with E-state index in [2.05, 4.69) is 34.3 Å². The second-order valence-corrected chi connectivity index (χ2v) is 5.11. The number of hydrogen-bond acceptors (Lipinski definition) is 5. The highest BCUT2D eigenvalue weighted by Gasteiger charge is 2.21. The summed E-state index contributed by atoms with van der Waals surface area (Å²) in [7, 11) is 2.10. The fourth-order valence-corrected chi connectivity index (χ4v) is 2.37. The molecule has 1 aromatic heterocycles. The Hall–Kier alpha value is -1.36. The van der Waals surface area contributed by atoms with Crippen molar-refractivity contribution in [1.82, 2.24) is 9.97 Å². The molecule has 1 aromatic rings. The van der Waals surface area contributed by atoms with Gasteiger partial charge in [-0.2, -0.15) is 0 Å². The minimum atomic E-state index is 0.734. The van der Waals surface area contributed by atoms with E-state index in [1.807, 2.05) is 6.92 Å². The van der Waals surface area contributed by atoms with Crippen molar-refractivity contribution >= 4 is 11.6 Å². The van der Waals surface area contributed by atoms with E-state index in [0.29, 0.717) is 0 Å². The van der Waals surface area contributed by atoms with Crippen LogP contribution in [-0.4, -0.2) is 23.6 Å². The Balaban J connectivity index is 2.23. The molecule has 1 fully saturated rings. The highest BCUT2D eigenvalue weighted by molar-refractivity contribution is 5.57. The molecule has 1 aliphatic carbocycles. The van der Waals surface area contributed by atoms with Crippen LogP contribution in [0.4, 0.5) is 11.6 Å². The van der Waals surface area contributed by atoms with E-state index in [4.69, 9.17) is 5.84 Å². The van der Waals surface area contributed by atoms with Crippen molar-refractivity contribution in [3.8, 4) is 0 Å². The highest BCUT2D eigenvalue weighted by Crippen LogP contribution is 2.29. The number of nitrogen functional groups attached to an aromatic ring is 1. The molecule has 5 nitrogen and oxygen atoms in total. The van der Waals surface area contributed by atoms with E-state index >= 15 is 0 Å². The van der Waals surface area contributed by atoms with Gasteiger partial charge in [0, 0.05) is 25.6 Å². The molecular formula is C13H23N5. The van der Waals surface area contributed by atoms with Crippen molar-refractivity contribution in [2.75, 3.05) is 23.9 Å². The van der Waals surface area contributed by atoms with Crippen LogP contribution < -0.4 is 16.2 Å². The maximum absolute atomic E-state index is 5.52. The molecule has 5 heteroatoms. The van der Waals surface area contributed by atoms with Crippen LogP contribution in [-0.2, 0) is 6.42 Å². The summed E-state index contributed by atoms with van der Waals surface area (Å²) < 4.78 is 0. The third-order valence-corrected chi connectivity index (χ3v) is 3.74. The molecule has 0 amide bonds. The Bertz CT molecular complexity index is 414. The molecule has 2 rings (SSSR count). The summed E-state index contributed by atoms with van der Waals surface area (Å²) >= 11 is 0. The number of nitrogens with zero attached hydrogens (tertiary/aromatic N) is 3. The van der Waals surface area contributed by atoms with Crippen molar-refractivity contribution in [2.45, 2.75) is 39.5 Å². The zero-order chi connectivity index (χ0) is 13.1. The van der Waals surface area contributed by atoms with Gasteiger partial charge in [0.1, 0.15) is 17.5 Å². The van der Waals surface area contributed by atoms with Gasteiger partial charge in [-0.1, -0.05) is 13.3 Å². The summed E-state index contributed by atoms with van der Waals surface area (Å²) in [6.45, 7) is 5.15. The molecule has 0 saturated heterocycles. The van der Waals surface area contributed by atoms with Crippen LogP contribution in [0.1, 0.15) is 37.6 Å². The number of rotatable bonds is 5. The third kappa shape index (κ3) is 2.56. The monoisotopic (exact) mass is 249 g/mol. The topological polar surface area (TPSA) is 67.1 Å². The number of hydrazine groups is 1. The standard InChI is InChI=1S/C13H23N5/c1-4-11-15-12(17-14)9(2)13(16-11)18(3)8-10-6-5-7-10/h10H,4-8,14H2,1-3H3,(H,15,16,17). The number of hydrogen-bond donors (Lipinski definition) is 2.